The lowest BCUT2D eigenvalue weighted by atomic mass is 10.00. The molecule has 1 heterocycles. The van der Waals surface area contributed by atoms with Gasteiger partial charge in [0, 0.05) is 12.2 Å². The molecule has 0 unspecified atom stereocenters. The number of aliphatic carboxylic acids is 1. The summed E-state index contributed by atoms with van der Waals surface area (Å²) in [6.45, 7) is 10.3. The van der Waals surface area contributed by atoms with Crippen molar-refractivity contribution in [3.63, 3.8) is 0 Å². The Bertz CT molecular complexity index is 722. The molecule has 1 amide bonds. The van der Waals surface area contributed by atoms with Crippen LogP contribution in [0.15, 0.2) is 10.9 Å². The fourth-order valence-electron chi connectivity index (χ4n) is 3.33. The predicted molar refractivity (Wildman–Crippen MR) is 112 cm³/mol. The molecule has 2 N–H and O–H groups in total. The number of aromatic nitrogens is 1. The fourth-order valence-corrected chi connectivity index (χ4v) is 3.33. The molecule has 0 radical (unpaired) electrons. The summed E-state index contributed by atoms with van der Waals surface area (Å²) in [5.74, 6) is -1.97. The van der Waals surface area contributed by atoms with Gasteiger partial charge in [-0.05, 0) is 43.2 Å². The molecule has 0 aliphatic rings. The summed E-state index contributed by atoms with van der Waals surface area (Å²) in [5.41, 5.74) is 1.78. The van der Waals surface area contributed by atoms with Crippen molar-refractivity contribution in [3.8, 4) is 0 Å². The summed E-state index contributed by atoms with van der Waals surface area (Å²) < 4.78 is 1.75. The lowest BCUT2D eigenvalue weighted by Crippen LogP contribution is -2.46. The maximum Gasteiger partial charge on any atom is 0.326 e. The van der Waals surface area contributed by atoms with Crippen molar-refractivity contribution in [2.45, 2.75) is 92.2 Å². The number of carboxylic acids is 1. The van der Waals surface area contributed by atoms with Crippen molar-refractivity contribution in [1.82, 2.24) is 9.88 Å². The molecule has 1 aromatic rings. The third-order valence-electron chi connectivity index (χ3n) is 4.98. The normalized spacial score (nSPS) is 12.2. The number of amides is 1. The van der Waals surface area contributed by atoms with E-state index in [9.17, 15) is 19.5 Å². The van der Waals surface area contributed by atoms with Crippen molar-refractivity contribution in [1.29, 1.82) is 0 Å². The first-order valence-electron chi connectivity index (χ1n) is 10.6. The van der Waals surface area contributed by atoms with Crippen LogP contribution in [0.25, 0.3) is 0 Å². The van der Waals surface area contributed by atoms with Crippen LogP contribution in [0.2, 0.25) is 0 Å². The molecule has 6 nitrogen and oxygen atoms in total. The van der Waals surface area contributed by atoms with Gasteiger partial charge in [0.1, 0.15) is 11.6 Å². The number of aryl methyl sites for hydroxylation is 1. The van der Waals surface area contributed by atoms with E-state index in [0.29, 0.717) is 6.54 Å². The molecule has 28 heavy (non-hydrogen) atoms. The van der Waals surface area contributed by atoms with E-state index in [0.717, 1.165) is 56.2 Å². The predicted octanol–water partition coefficient (Wildman–Crippen LogP) is 3.78. The standard InChI is InChI=1S/C22H36N2O4/c1-6-9-12-18-16(11-8-3)14-17(21(26)24(18)13-10-7-2)20(25)23-19(15(4)5)22(27)28/h14-15,19H,6-13H2,1-5H3,(H,23,25)(H,27,28)/t19-/m0/s1. The summed E-state index contributed by atoms with van der Waals surface area (Å²) in [6, 6.07) is 0.666. The number of nitrogens with zero attached hydrogens (tertiary/aromatic N) is 1. The number of carbonyl (C=O) groups is 2. The number of hydrogen-bond donors (Lipinski definition) is 2. The highest BCUT2D eigenvalue weighted by Gasteiger charge is 2.26. The van der Waals surface area contributed by atoms with Gasteiger partial charge < -0.3 is 15.0 Å². The van der Waals surface area contributed by atoms with Crippen LogP contribution in [-0.4, -0.2) is 27.6 Å². The van der Waals surface area contributed by atoms with E-state index in [1.54, 1.807) is 24.5 Å². The van der Waals surface area contributed by atoms with Gasteiger partial charge in [0.15, 0.2) is 0 Å². The molecule has 0 saturated carbocycles. The van der Waals surface area contributed by atoms with Crippen molar-refractivity contribution >= 4 is 11.9 Å². The molecule has 158 valence electrons. The molecule has 0 bridgehead atoms. The smallest absolute Gasteiger partial charge is 0.326 e. The number of unbranched alkanes of at least 4 members (excludes halogenated alkanes) is 2. The van der Waals surface area contributed by atoms with Gasteiger partial charge in [-0.25, -0.2) is 4.79 Å². The van der Waals surface area contributed by atoms with Gasteiger partial charge in [-0.2, -0.15) is 0 Å². The Kier molecular flexibility index (Phi) is 9.97. The van der Waals surface area contributed by atoms with Crippen LogP contribution in [0.1, 0.15) is 88.3 Å². The Balaban J connectivity index is 3.45. The summed E-state index contributed by atoms with van der Waals surface area (Å²) in [5, 5.41) is 11.9. The lowest BCUT2D eigenvalue weighted by molar-refractivity contribution is -0.140. The maximum absolute atomic E-state index is 13.1. The topological polar surface area (TPSA) is 88.4 Å². The SMILES string of the molecule is CCCCc1c(CCC)cc(C(=O)N[C@H](C(=O)O)C(C)C)c(=O)n1CCCC. The highest BCUT2D eigenvalue weighted by molar-refractivity contribution is 5.96. The summed E-state index contributed by atoms with van der Waals surface area (Å²) in [7, 11) is 0. The molecule has 1 aromatic heterocycles. The van der Waals surface area contributed by atoms with Gasteiger partial charge in [-0.3, -0.25) is 9.59 Å². The number of pyridine rings is 1. The van der Waals surface area contributed by atoms with Gasteiger partial charge in [-0.1, -0.05) is 53.9 Å². The minimum atomic E-state index is -1.09. The largest absolute Gasteiger partial charge is 0.480 e. The van der Waals surface area contributed by atoms with Crippen molar-refractivity contribution in [2.75, 3.05) is 0 Å². The second-order valence-corrected chi connectivity index (χ2v) is 7.73. The number of rotatable bonds is 12. The first-order chi connectivity index (χ1) is 13.3. The van der Waals surface area contributed by atoms with Gasteiger partial charge in [-0.15, -0.1) is 0 Å². The first-order valence-corrected chi connectivity index (χ1v) is 10.6. The van der Waals surface area contributed by atoms with Crippen molar-refractivity contribution in [2.24, 2.45) is 5.92 Å². The molecule has 1 rings (SSSR count). The summed E-state index contributed by atoms with van der Waals surface area (Å²) in [4.78, 5) is 37.4. The second kappa shape index (κ2) is 11.7. The average Bonchev–Trinajstić information content (AvgIpc) is 2.64. The highest BCUT2D eigenvalue weighted by atomic mass is 16.4. The highest BCUT2D eigenvalue weighted by Crippen LogP contribution is 2.16. The van der Waals surface area contributed by atoms with Gasteiger partial charge in [0.05, 0.1) is 0 Å². The zero-order valence-corrected chi connectivity index (χ0v) is 18.0. The molecule has 0 aliphatic heterocycles. The Labute approximate surface area is 168 Å². The summed E-state index contributed by atoms with van der Waals surface area (Å²) in [6.07, 6.45) is 6.35. The van der Waals surface area contributed by atoms with Gasteiger partial charge >= 0.3 is 5.97 Å². The average molecular weight is 393 g/mol. The summed E-state index contributed by atoms with van der Waals surface area (Å²) >= 11 is 0. The van der Waals surface area contributed by atoms with Gasteiger partial charge in [0.25, 0.3) is 11.5 Å². The van der Waals surface area contributed by atoms with E-state index < -0.39 is 17.9 Å². The molecule has 1 atom stereocenters. The Morgan fingerprint density at radius 1 is 1.07 bits per heavy atom. The van der Waals surface area contributed by atoms with E-state index in [1.165, 1.54) is 0 Å². The van der Waals surface area contributed by atoms with E-state index >= 15 is 0 Å². The number of hydrogen-bond acceptors (Lipinski definition) is 3. The first kappa shape index (κ1) is 23.9. The molecule has 0 spiro atoms. The van der Waals surface area contributed by atoms with Crippen molar-refractivity contribution in [3.05, 3.63) is 33.2 Å². The van der Waals surface area contributed by atoms with E-state index in [4.69, 9.17) is 0 Å². The zero-order chi connectivity index (χ0) is 21.3. The molecule has 0 aliphatic carbocycles. The Morgan fingerprint density at radius 2 is 1.71 bits per heavy atom. The number of nitrogens with one attached hydrogen (secondary N) is 1. The fraction of sp³-hybridized carbons (Fsp3) is 0.682. The van der Waals surface area contributed by atoms with Crippen LogP contribution in [0, 0.1) is 5.92 Å². The zero-order valence-electron chi connectivity index (χ0n) is 18.0. The molecular formula is C22H36N2O4. The minimum Gasteiger partial charge on any atom is -0.480 e. The quantitative estimate of drug-likeness (QED) is 0.566. The minimum absolute atomic E-state index is 0.0479. The number of carbonyl (C=O) groups excluding carboxylic acids is 1. The molecule has 0 fully saturated rings. The lowest BCUT2D eigenvalue weighted by Gasteiger charge is -2.21. The Hall–Kier alpha value is -2.11. The third kappa shape index (κ3) is 6.21. The van der Waals surface area contributed by atoms with Crippen LogP contribution in [-0.2, 0) is 24.2 Å². The maximum atomic E-state index is 13.1. The van der Waals surface area contributed by atoms with E-state index in [2.05, 4.69) is 26.1 Å². The molecular weight excluding hydrogens is 356 g/mol. The molecule has 0 aromatic carbocycles. The Morgan fingerprint density at radius 3 is 2.21 bits per heavy atom. The second-order valence-electron chi connectivity index (χ2n) is 7.73. The van der Waals surface area contributed by atoms with Crippen molar-refractivity contribution < 1.29 is 14.7 Å². The van der Waals surface area contributed by atoms with Crippen LogP contribution in [0.4, 0.5) is 0 Å². The van der Waals surface area contributed by atoms with Crippen LogP contribution < -0.4 is 10.9 Å². The van der Waals surface area contributed by atoms with Crippen LogP contribution in [0.3, 0.4) is 0 Å². The number of carboxylic acid groups (broad SMARTS) is 1. The van der Waals surface area contributed by atoms with Gasteiger partial charge in [0.2, 0.25) is 0 Å². The van der Waals surface area contributed by atoms with E-state index in [-0.39, 0.29) is 17.0 Å². The van der Waals surface area contributed by atoms with Crippen LogP contribution in [0.5, 0.6) is 0 Å². The monoisotopic (exact) mass is 392 g/mol. The molecule has 0 saturated heterocycles. The third-order valence-corrected chi connectivity index (χ3v) is 4.98. The van der Waals surface area contributed by atoms with E-state index in [1.807, 2.05) is 0 Å². The van der Waals surface area contributed by atoms with Crippen LogP contribution >= 0.6 is 0 Å². The molecule has 6 heteroatoms.